The summed E-state index contributed by atoms with van der Waals surface area (Å²) in [5.41, 5.74) is 3.46. The molecule has 3 aromatic carbocycles. The lowest BCUT2D eigenvalue weighted by atomic mass is 10.0. The second-order valence-corrected chi connectivity index (χ2v) is 9.52. The molecular formula is C33H37N5O3. The number of benzene rings is 3. The predicted octanol–water partition coefficient (Wildman–Crippen LogP) is 5.06. The van der Waals surface area contributed by atoms with E-state index in [2.05, 4.69) is 5.32 Å². The van der Waals surface area contributed by atoms with E-state index in [-0.39, 0.29) is 36.0 Å². The van der Waals surface area contributed by atoms with Gasteiger partial charge in [0.2, 0.25) is 5.91 Å². The topological polar surface area (TPSA) is 87.5 Å². The zero-order valence-electron chi connectivity index (χ0n) is 23.9. The molecule has 2 heterocycles. The van der Waals surface area contributed by atoms with Crippen LogP contribution in [0.1, 0.15) is 47.5 Å². The van der Waals surface area contributed by atoms with Crippen molar-refractivity contribution in [3.05, 3.63) is 108 Å². The Hall–Kier alpha value is -4.72. The number of carbonyl (C=O) groups is 3. The lowest BCUT2D eigenvalue weighted by Crippen LogP contribution is -2.51. The first-order chi connectivity index (χ1) is 20.0. The fourth-order valence-electron chi connectivity index (χ4n) is 4.96. The van der Waals surface area contributed by atoms with E-state index in [9.17, 15) is 14.4 Å². The number of hydrogen-bond acceptors (Lipinski definition) is 4. The van der Waals surface area contributed by atoms with E-state index >= 15 is 0 Å². The molecule has 0 saturated carbocycles. The maximum Gasteiger partial charge on any atom is 0.275 e. The summed E-state index contributed by atoms with van der Waals surface area (Å²) in [6.07, 6.45) is 1.15. The van der Waals surface area contributed by atoms with E-state index in [1.165, 1.54) is 0 Å². The van der Waals surface area contributed by atoms with Crippen LogP contribution < -0.4 is 5.32 Å². The summed E-state index contributed by atoms with van der Waals surface area (Å²) in [4.78, 5) is 42.8. The Labute approximate surface area is 241 Å². The van der Waals surface area contributed by atoms with Gasteiger partial charge >= 0.3 is 0 Å². The van der Waals surface area contributed by atoms with Crippen molar-refractivity contribution in [2.45, 2.75) is 32.7 Å². The number of nitrogens with zero attached hydrogens (tertiary/aromatic N) is 4. The predicted molar refractivity (Wildman–Crippen MR) is 161 cm³/mol. The van der Waals surface area contributed by atoms with Crippen LogP contribution in [-0.2, 0) is 4.79 Å². The first kappa shape index (κ1) is 29.3. The van der Waals surface area contributed by atoms with E-state index in [0.29, 0.717) is 31.5 Å². The second kappa shape index (κ2) is 14.1. The summed E-state index contributed by atoms with van der Waals surface area (Å²) >= 11 is 0. The highest BCUT2D eigenvalue weighted by molar-refractivity contribution is 5.96. The van der Waals surface area contributed by atoms with Crippen molar-refractivity contribution in [2.24, 2.45) is 0 Å². The average molecular weight is 552 g/mol. The molecule has 1 aromatic heterocycles. The smallest absolute Gasteiger partial charge is 0.275 e. The van der Waals surface area contributed by atoms with E-state index < -0.39 is 0 Å². The highest BCUT2D eigenvalue weighted by Gasteiger charge is 2.33. The lowest BCUT2D eigenvalue weighted by molar-refractivity contribution is -0.121. The van der Waals surface area contributed by atoms with Crippen molar-refractivity contribution < 1.29 is 14.4 Å². The van der Waals surface area contributed by atoms with Gasteiger partial charge in [0.1, 0.15) is 6.54 Å². The van der Waals surface area contributed by atoms with Crippen LogP contribution in [0.25, 0.3) is 16.9 Å². The molecule has 0 spiro atoms. The maximum atomic E-state index is 14.0. The van der Waals surface area contributed by atoms with E-state index in [1.807, 2.05) is 110 Å². The molecule has 1 fully saturated rings. The largest absolute Gasteiger partial charge is 0.358 e. The van der Waals surface area contributed by atoms with Crippen molar-refractivity contribution >= 4 is 17.7 Å². The van der Waals surface area contributed by atoms with Crippen LogP contribution in [0.2, 0.25) is 0 Å². The molecule has 8 heteroatoms. The number of aromatic nitrogens is 2. The molecule has 0 radical (unpaired) electrons. The van der Waals surface area contributed by atoms with Crippen LogP contribution in [0.4, 0.5) is 0 Å². The summed E-state index contributed by atoms with van der Waals surface area (Å²) in [5, 5.41) is 7.35. The third-order valence-corrected chi connectivity index (χ3v) is 7.07. The minimum Gasteiger partial charge on any atom is -0.358 e. The molecule has 41 heavy (non-hydrogen) atoms. The molecule has 1 aliphatic heterocycles. The van der Waals surface area contributed by atoms with Crippen molar-refractivity contribution in [3.63, 3.8) is 0 Å². The molecule has 1 N–H and O–H groups in total. The van der Waals surface area contributed by atoms with Crippen molar-refractivity contribution in [1.29, 1.82) is 0 Å². The molecule has 1 aliphatic rings. The number of amides is 3. The van der Waals surface area contributed by atoms with Crippen LogP contribution in [-0.4, -0.2) is 70.0 Å². The Morgan fingerprint density at radius 3 is 2.00 bits per heavy atom. The van der Waals surface area contributed by atoms with Gasteiger partial charge in [-0.05, 0) is 43.2 Å². The number of rotatable bonds is 7. The SMILES string of the molecule is CC.CNC(=O)CN(C(=O)c1cc(-c2ccccc2)n(-c2ccccc2)n1)C1CCN(C(=O)c2ccccc2)CC1. The number of carbonyl (C=O) groups excluding carboxylic acids is 3. The summed E-state index contributed by atoms with van der Waals surface area (Å²) in [6.45, 7) is 4.93. The van der Waals surface area contributed by atoms with Gasteiger partial charge in [0.15, 0.2) is 5.69 Å². The van der Waals surface area contributed by atoms with Gasteiger partial charge in [-0.25, -0.2) is 4.68 Å². The summed E-state index contributed by atoms with van der Waals surface area (Å²) in [5.74, 6) is -0.581. The summed E-state index contributed by atoms with van der Waals surface area (Å²) < 4.78 is 1.77. The fraction of sp³-hybridized carbons (Fsp3) is 0.273. The molecular weight excluding hydrogens is 514 g/mol. The molecule has 4 aromatic rings. The van der Waals surface area contributed by atoms with Gasteiger partial charge in [0.05, 0.1) is 11.4 Å². The Bertz CT molecular complexity index is 1370. The molecule has 0 aliphatic carbocycles. The number of piperidine rings is 1. The zero-order chi connectivity index (χ0) is 29.2. The Morgan fingerprint density at radius 2 is 1.41 bits per heavy atom. The Balaban J connectivity index is 0.00000189. The molecule has 212 valence electrons. The van der Waals surface area contributed by atoms with E-state index in [0.717, 1.165) is 16.9 Å². The summed E-state index contributed by atoms with van der Waals surface area (Å²) in [6, 6.07) is 30.2. The lowest BCUT2D eigenvalue weighted by Gasteiger charge is -2.38. The van der Waals surface area contributed by atoms with Crippen molar-refractivity contribution in [2.75, 3.05) is 26.7 Å². The van der Waals surface area contributed by atoms with Gasteiger partial charge < -0.3 is 15.1 Å². The quantitative estimate of drug-likeness (QED) is 0.348. The molecule has 5 rings (SSSR count). The first-order valence-electron chi connectivity index (χ1n) is 14.1. The third kappa shape index (κ3) is 6.90. The molecule has 3 amide bonds. The van der Waals surface area contributed by atoms with Crippen molar-refractivity contribution in [3.8, 4) is 16.9 Å². The van der Waals surface area contributed by atoms with Gasteiger partial charge in [0.25, 0.3) is 11.8 Å². The molecule has 0 atom stereocenters. The minimum absolute atomic E-state index is 0.0210. The molecule has 0 bridgehead atoms. The van der Waals surface area contributed by atoms with Gasteiger partial charge in [0, 0.05) is 37.3 Å². The van der Waals surface area contributed by atoms with Gasteiger partial charge in [-0.2, -0.15) is 5.10 Å². The Morgan fingerprint density at radius 1 is 0.854 bits per heavy atom. The third-order valence-electron chi connectivity index (χ3n) is 7.07. The minimum atomic E-state index is -0.307. The fourth-order valence-corrected chi connectivity index (χ4v) is 4.96. The number of para-hydroxylation sites is 1. The van der Waals surface area contributed by atoms with Crippen LogP contribution in [0.3, 0.4) is 0 Å². The van der Waals surface area contributed by atoms with E-state index in [4.69, 9.17) is 5.10 Å². The molecule has 8 nitrogen and oxygen atoms in total. The standard InChI is InChI=1S/C31H31N5O3.C2H6/c1-32-29(37)22-35(25-17-19-34(20-18-25)30(38)24-13-7-3-8-14-24)31(39)27-21-28(23-11-5-2-6-12-23)36(33-27)26-15-9-4-10-16-26;1-2/h2-16,21,25H,17-20,22H2,1H3,(H,32,37);1-2H3. The number of hydrogen-bond donors (Lipinski definition) is 1. The van der Waals surface area contributed by atoms with Gasteiger partial charge in [-0.1, -0.05) is 80.6 Å². The van der Waals surface area contributed by atoms with Gasteiger partial charge in [-0.3, -0.25) is 14.4 Å². The van der Waals surface area contributed by atoms with Crippen LogP contribution in [0.5, 0.6) is 0 Å². The first-order valence-corrected chi connectivity index (χ1v) is 14.1. The van der Waals surface area contributed by atoms with Crippen LogP contribution in [0.15, 0.2) is 97.1 Å². The normalized spacial score (nSPS) is 13.1. The maximum absolute atomic E-state index is 14.0. The number of likely N-dealkylation sites (N-methyl/N-ethyl adjacent to an activating group) is 1. The summed E-state index contributed by atoms with van der Waals surface area (Å²) in [7, 11) is 1.56. The second-order valence-electron chi connectivity index (χ2n) is 9.52. The van der Waals surface area contributed by atoms with Gasteiger partial charge in [-0.15, -0.1) is 0 Å². The highest BCUT2D eigenvalue weighted by atomic mass is 16.2. The number of nitrogens with one attached hydrogen (secondary N) is 1. The zero-order valence-corrected chi connectivity index (χ0v) is 23.9. The average Bonchev–Trinajstić information content (AvgIpc) is 3.51. The monoisotopic (exact) mass is 551 g/mol. The molecule has 1 saturated heterocycles. The van der Waals surface area contributed by atoms with E-state index in [1.54, 1.807) is 22.7 Å². The van der Waals surface area contributed by atoms with Crippen LogP contribution >= 0.6 is 0 Å². The molecule has 0 unspecified atom stereocenters. The number of likely N-dealkylation sites (tertiary alicyclic amines) is 1. The van der Waals surface area contributed by atoms with Crippen molar-refractivity contribution in [1.82, 2.24) is 24.9 Å². The van der Waals surface area contributed by atoms with Crippen LogP contribution in [0, 0.1) is 0 Å². The Kier molecular flexibility index (Phi) is 10.0. The highest BCUT2D eigenvalue weighted by Crippen LogP contribution is 2.26.